The Labute approximate surface area is 164 Å². The largest absolute Gasteiger partial charge is 0.350 e. The van der Waals surface area contributed by atoms with Crippen molar-refractivity contribution in [2.75, 3.05) is 13.6 Å². The van der Waals surface area contributed by atoms with E-state index in [0.717, 1.165) is 18.4 Å². The molecule has 0 bridgehead atoms. The van der Waals surface area contributed by atoms with E-state index in [9.17, 15) is 18.0 Å². The number of amides is 2. The molecule has 3 rings (SSSR count). The van der Waals surface area contributed by atoms with E-state index in [4.69, 9.17) is 0 Å². The van der Waals surface area contributed by atoms with E-state index in [1.807, 2.05) is 6.07 Å². The second-order valence-electron chi connectivity index (χ2n) is 6.84. The van der Waals surface area contributed by atoms with Crippen molar-refractivity contribution in [3.63, 3.8) is 0 Å². The number of nitrogens with zero attached hydrogens (tertiary/aromatic N) is 1. The maximum absolute atomic E-state index is 12.2. The normalized spacial score (nSPS) is 13.8. The SMILES string of the molecule is CN(CC(=O)NCc1ccc(S(=O)(=O)NC2CC2)cc1)C(=O)c1ccccc1. The average molecular weight is 401 g/mol. The lowest BCUT2D eigenvalue weighted by atomic mass is 10.2. The second kappa shape index (κ2) is 8.53. The van der Waals surface area contributed by atoms with E-state index in [1.165, 1.54) is 17.0 Å². The van der Waals surface area contributed by atoms with Crippen molar-refractivity contribution in [3.8, 4) is 0 Å². The number of nitrogens with one attached hydrogen (secondary N) is 2. The summed E-state index contributed by atoms with van der Waals surface area (Å²) in [5, 5.41) is 2.74. The van der Waals surface area contributed by atoms with Gasteiger partial charge in [-0.2, -0.15) is 0 Å². The van der Waals surface area contributed by atoms with Gasteiger partial charge in [-0.1, -0.05) is 30.3 Å². The van der Waals surface area contributed by atoms with Gasteiger partial charge in [0.15, 0.2) is 0 Å². The third kappa shape index (κ3) is 5.40. The molecule has 0 aliphatic heterocycles. The van der Waals surface area contributed by atoms with Crippen LogP contribution < -0.4 is 10.0 Å². The van der Waals surface area contributed by atoms with Gasteiger partial charge in [-0.05, 0) is 42.7 Å². The Balaban J connectivity index is 1.49. The quantitative estimate of drug-likeness (QED) is 0.701. The van der Waals surface area contributed by atoms with Gasteiger partial charge < -0.3 is 10.2 Å². The van der Waals surface area contributed by atoms with Crippen LogP contribution in [0, 0.1) is 0 Å². The zero-order chi connectivity index (χ0) is 20.1. The zero-order valence-electron chi connectivity index (χ0n) is 15.6. The number of benzene rings is 2. The van der Waals surface area contributed by atoms with Gasteiger partial charge in [0.25, 0.3) is 5.91 Å². The van der Waals surface area contributed by atoms with Gasteiger partial charge in [-0.25, -0.2) is 13.1 Å². The average Bonchev–Trinajstić information content (AvgIpc) is 3.50. The van der Waals surface area contributed by atoms with Crippen molar-refractivity contribution in [1.82, 2.24) is 14.9 Å². The summed E-state index contributed by atoms with van der Waals surface area (Å²) in [4.78, 5) is 25.9. The Morgan fingerprint density at radius 3 is 2.29 bits per heavy atom. The zero-order valence-corrected chi connectivity index (χ0v) is 16.4. The predicted molar refractivity (Wildman–Crippen MR) is 105 cm³/mol. The fourth-order valence-electron chi connectivity index (χ4n) is 2.62. The minimum Gasteiger partial charge on any atom is -0.350 e. The molecule has 2 aromatic carbocycles. The number of likely N-dealkylation sites (N-methyl/N-ethyl adjacent to an activating group) is 1. The van der Waals surface area contributed by atoms with Gasteiger partial charge in [0, 0.05) is 25.2 Å². The highest BCUT2D eigenvalue weighted by atomic mass is 32.2. The number of sulfonamides is 1. The predicted octanol–water partition coefficient (Wildman–Crippen LogP) is 1.52. The Morgan fingerprint density at radius 1 is 1.04 bits per heavy atom. The van der Waals surface area contributed by atoms with E-state index in [-0.39, 0.29) is 35.8 Å². The molecule has 0 atom stereocenters. The molecule has 1 saturated carbocycles. The molecule has 1 fully saturated rings. The first-order valence-electron chi connectivity index (χ1n) is 9.03. The van der Waals surface area contributed by atoms with Crippen LogP contribution in [0.2, 0.25) is 0 Å². The minimum absolute atomic E-state index is 0.0551. The molecule has 0 unspecified atom stereocenters. The summed E-state index contributed by atoms with van der Waals surface area (Å²) < 4.78 is 26.9. The highest BCUT2D eigenvalue weighted by molar-refractivity contribution is 7.89. The molecule has 1 aliphatic carbocycles. The van der Waals surface area contributed by atoms with Crippen molar-refractivity contribution in [2.24, 2.45) is 0 Å². The number of rotatable bonds is 8. The van der Waals surface area contributed by atoms with Gasteiger partial charge in [0.2, 0.25) is 15.9 Å². The van der Waals surface area contributed by atoms with Crippen LogP contribution in [0.5, 0.6) is 0 Å². The summed E-state index contributed by atoms with van der Waals surface area (Å²) in [5.41, 5.74) is 1.30. The molecule has 2 N–H and O–H groups in total. The molecule has 7 nitrogen and oxygen atoms in total. The summed E-state index contributed by atoms with van der Waals surface area (Å²) in [6.45, 7) is 0.189. The smallest absolute Gasteiger partial charge is 0.254 e. The number of carbonyl (C=O) groups is 2. The fraction of sp³-hybridized carbons (Fsp3) is 0.300. The van der Waals surface area contributed by atoms with Crippen LogP contribution in [0.25, 0.3) is 0 Å². The molecule has 28 heavy (non-hydrogen) atoms. The van der Waals surface area contributed by atoms with E-state index < -0.39 is 10.0 Å². The van der Waals surface area contributed by atoms with Gasteiger partial charge in [-0.3, -0.25) is 9.59 Å². The van der Waals surface area contributed by atoms with E-state index in [0.29, 0.717) is 5.56 Å². The van der Waals surface area contributed by atoms with Crippen LogP contribution in [-0.4, -0.2) is 44.8 Å². The maximum atomic E-state index is 12.2. The Kier molecular flexibility index (Phi) is 6.11. The Morgan fingerprint density at radius 2 is 1.68 bits per heavy atom. The monoisotopic (exact) mass is 401 g/mol. The minimum atomic E-state index is -3.48. The van der Waals surface area contributed by atoms with Crippen molar-refractivity contribution in [3.05, 3.63) is 65.7 Å². The summed E-state index contributed by atoms with van der Waals surface area (Å²) in [6.07, 6.45) is 1.76. The third-order valence-corrected chi connectivity index (χ3v) is 5.91. The van der Waals surface area contributed by atoms with Crippen molar-refractivity contribution in [1.29, 1.82) is 0 Å². The van der Waals surface area contributed by atoms with Gasteiger partial charge >= 0.3 is 0 Å². The number of hydrogen-bond acceptors (Lipinski definition) is 4. The summed E-state index contributed by atoms with van der Waals surface area (Å²) in [7, 11) is -1.91. The molecule has 2 aromatic rings. The number of hydrogen-bond donors (Lipinski definition) is 2. The van der Waals surface area contributed by atoms with Gasteiger partial charge in [-0.15, -0.1) is 0 Å². The molecule has 2 amide bonds. The van der Waals surface area contributed by atoms with Crippen LogP contribution in [0.3, 0.4) is 0 Å². The van der Waals surface area contributed by atoms with Gasteiger partial charge in [0.05, 0.1) is 11.4 Å². The Hall–Kier alpha value is -2.71. The first kappa shape index (κ1) is 20.0. The van der Waals surface area contributed by atoms with Crippen molar-refractivity contribution < 1.29 is 18.0 Å². The van der Waals surface area contributed by atoms with Gasteiger partial charge in [0.1, 0.15) is 0 Å². The van der Waals surface area contributed by atoms with Crippen LogP contribution in [0.4, 0.5) is 0 Å². The highest BCUT2D eigenvalue weighted by Gasteiger charge is 2.27. The molecular formula is C20H23N3O4S. The summed E-state index contributed by atoms with van der Waals surface area (Å²) >= 11 is 0. The molecule has 0 spiro atoms. The van der Waals surface area contributed by atoms with Crippen molar-refractivity contribution >= 4 is 21.8 Å². The van der Waals surface area contributed by atoms with E-state index in [1.54, 1.807) is 43.4 Å². The first-order chi connectivity index (χ1) is 13.3. The van der Waals surface area contributed by atoms with E-state index >= 15 is 0 Å². The topological polar surface area (TPSA) is 95.6 Å². The lowest BCUT2D eigenvalue weighted by Crippen LogP contribution is -2.38. The molecule has 1 aliphatic rings. The summed E-state index contributed by atoms with van der Waals surface area (Å²) in [6, 6.07) is 15.2. The van der Waals surface area contributed by atoms with E-state index in [2.05, 4.69) is 10.0 Å². The Bertz CT molecular complexity index is 939. The standard InChI is InChI=1S/C20H23N3O4S/c1-23(20(25)16-5-3-2-4-6-16)14-19(24)21-13-15-7-11-18(12-8-15)28(26,27)22-17-9-10-17/h2-8,11-12,17,22H,9-10,13-14H2,1H3,(H,21,24). The molecule has 0 saturated heterocycles. The maximum Gasteiger partial charge on any atom is 0.254 e. The fourth-order valence-corrected chi connectivity index (χ4v) is 3.92. The molecular weight excluding hydrogens is 378 g/mol. The highest BCUT2D eigenvalue weighted by Crippen LogP contribution is 2.22. The molecule has 0 radical (unpaired) electrons. The molecule has 0 heterocycles. The first-order valence-corrected chi connectivity index (χ1v) is 10.5. The second-order valence-corrected chi connectivity index (χ2v) is 8.56. The molecule has 0 aromatic heterocycles. The number of carbonyl (C=O) groups excluding carboxylic acids is 2. The van der Waals surface area contributed by atoms with Crippen LogP contribution in [0.1, 0.15) is 28.8 Å². The molecule has 8 heteroatoms. The van der Waals surface area contributed by atoms with Crippen LogP contribution in [0.15, 0.2) is 59.5 Å². The summed E-state index contributed by atoms with van der Waals surface area (Å²) in [5.74, 6) is -0.521. The molecule has 148 valence electrons. The van der Waals surface area contributed by atoms with Crippen LogP contribution >= 0.6 is 0 Å². The van der Waals surface area contributed by atoms with Crippen molar-refractivity contribution in [2.45, 2.75) is 30.3 Å². The van der Waals surface area contributed by atoms with Crippen LogP contribution in [-0.2, 0) is 21.4 Å². The lowest BCUT2D eigenvalue weighted by molar-refractivity contribution is -0.121. The lowest BCUT2D eigenvalue weighted by Gasteiger charge is -2.17. The third-order valence-electron chi connectivity index (χ3n) is 4.37.